The topological polar surface area (TPSA) is 76.9 Å². The summed E-state index contributed by atoms with van der Waals surface area (Å²) in [5, 5.41) is 5.10. The van der Waals surface area contributed by atoms with Crippen molar-refractivity contribution in [3.8, 4) is 0 Å². The standard InChI is InChI=1S/C13H11ClN4O2S/c1-18-13-9(8-16-18)3-2-4-11(13)17-21(19,20)10-5-6-15-12(14)7-10/h2-8,17H,1H3. The summed E-state index contributed by atoms with van der Waals surface area (Å²) in [7, 11) is -1.98. The molecule has 3 aromatic rings. The minimum Gasteiger partial charge on any atom is -0.277 e. The fourth-order valence-electron chi connectivity index (χ4n) is 2.07. The van der Waals surface area contributed by atoms with Crippen LogP contribution < -0.4 is 4.72 Å². The number of para-hydroxylation sites is 1. The van der Waals surface area contributed by atoms with E-state index >= 15 is 0 Å². The van der Waals surface area contributed by atoms with Gasteiger partial charge in [-0.3, -0.25) is 9.40 Å². The zero-order chi connectivity index (χ0) is 15.0. The van der Waals surface area contributed by atoms with Crippen LogP contribution in [0.4, 0.5) is 5.69 Å². The van der Waals surface area contributed by atoms with Crippen LogP contribution in [0.15, 0.2) is 47.6 Å². The quantitative estimate of drug-likeness (QED) is 0.751. The lowest BCUT2D eigenvalue weighted by Gasteiger charge is -2.10. The molecule has 2 heterocycles. The number of hydrogen-bond acceptors (Lipinski definition) is 4. The molecule has 3 rings (SSSR count). The molecule has 0 bridgehead atoms. The highest BCUT2D eigenvalue weighted by atomic mass is 35.5. The summed E-state index contributed by atoms with van der Waals surface area (Å²) in [5.74, 6) is 0. The van der Waals surface area contributed by atoms with Crippen LogP contribution in [-0.4, -0.2) is 23.2 Å². The molecule has 0 aliphatic carbocycles. The van der Waals surface area contributed by atoms with Crippen LogP contribution in [0.25, 0.3) is 10.9 Å². The van der Waals surface area contributed by atoms with E-state index in [1.54, 1.807) is 30.1 Å². The molecule has 0 amide bonds. The molecule has 108 valence electrons. The van der Waals surface area contributed by atoms with Crippen molar-refractivity contribution in [2.45, 2.75) is 4.90 Å². The molecule has 0 aliphatic rings. The third kappa shape index (κ3) is 2.57. The maximum atomic E-state index is 12.4. The normalized spacial score (nSPS) is 11.7. The monoisotopic (exact) mass is 322 g/mol. The lowest BCUT2D eigenvalue weighted by Crippen LogP contribution is -2.14. The molecule has 1 aromatic carbocycles. The van der Waals surface area contributed by atoms with Crippen molar-refractivity contribution >= 4 is 38.2 Å². The number of sulfonamides is 1. The van der Waals surface area contributed by atoms with Crippen LogP contribution in [0.3, 0.4) is 0 Å². The first-order valence-electron chi connectivity index (χ1n) is 6.02. The summed E-state index contributed by atoms with van der Waals surface area (Å²) in [6.07, 6.45) is 3.03. The van der Waals surface area contributed by atoms with Gasteiger partial charge >= 0.3 is 0 Å². The van der Waals surface area contributed by atoms with E-state index in [0.29, 0.717) is 11.2 Å². The van der Waals surface area contributed by atoms with Crippen molar-refractivity contribution in [1.82, 2.24) is 14.8 Å². The number of fused-ring (bicyclic) bond motifs is 1. The number of rotatable bonds is 3. The van der Waals surface area contributed by atoms with Crippen LogP contribution in [0, 0.1) is 0 Å². The number of nitrogens with zero attached hydrogens (tertiary/aromatic N) is 3. The average Bonchev–Trinajstić information content (AvgIpc) is 2.81. The van der Waals surface area contributed by atoms with Crippen LogP contribution >= 0.6 is 11.6 Å². The number of pyridine rings is 1. The molecule has 8 heteroatoms. The van der Waals surface area contributed by atoms with Gasteiger partial charge in [-0.25, -0.2) is 13.4 Å². The van der Waals surface area contributed by atoms with Gasteiger partial charge in [0.1, 0.15) is 5.15 Å². The summed E-state index contributed by atoms with van der Waals surface area (Å²) in [6, 6.07) is 8.00. The van der Waals surface area contributed by atoms with Gasteiger partial charge in [0.05, 0.1) is 22.3 Å². The van der Waals surface area contributed by atoms with Gasteiger partial charge in [-0.05, 0) is 18.2 Å². The van der Waals surface area contributed by atoms with Crippen molar-refractivity contribution < 1.29 is 8.42 Å². The Morgan fingerprint density at radius 3 is 2.86 bits per heavy atom. The highest BCUT2D eigenvalue weighted by Crippen LogP contribution is 2.25. The first-order chi connectivity index (χ1) is 9.97. The lowest BCUT2D eigenvalue weighted by molar-refractivity contribution is 0.601. The molecule has 21 heavy (non-hydrogen) atoms. The van der Waals surface area contributed by atoms with Crippen LogP contribution in [-0.2, 0) is 17.1 Å². The summed E-state index contributed by atoms with van der Waals surface area (Å²) in [4.78, 5) is 3.83. The molecule has 0 spiro atoms. The van der Waals surface area contributed by atoms with Gasteiger partial charge in [0.2, 0.25) is 0 Å². The Morgan fingerprint density at radius 1 is 1.29 bits per heavy atom. The van der Waals surface area contributed by atoms with Crippen LogP contribution in [0.1, 0.15) is 0 Å². The third-order valence-corrected chi connectivity index (χ3v) is 4.58. The van der Waals surface area contributed by atoms with E-state index in [4.69, 9.17) is 11.6 Å². The Bertz CT molecular complexity index is 921. The SMILES string of the molecule is Cn1ncc2cccc(NS(=O)(=O)c3ccnc(Cl)c3)c21. The number of hydrogen-bond donors (Lipinski definition) is 1. The van der Waals surface area contributed by atoms with E-state index in [-0.39, 0.29) is 10.0 Å². The Labute approximate surface area is 126 Å². The van der Waals surface area contributed by atoms with E-state index in [1.807, 2.05) is 6.07 Å². The highest BCUT2D eigenvalue weighted by Gasteiger charge is 2.17. The van der Waals surface area contributed by atoms with Gasteiger partial charge in [-0.1, -0.05) is 23.7 Å². The molecule has 0 radical (unpaired) electrons. The molecule has 0 unspecified atom stereocenters. The zero-order valence-electron chi connectivity index (χ0n) is 11.0. The third-order valence-electron chi connectivity index (χ3n) is 3.01. The number of aromatic nitrogens is 3. The molecule has 0 fully saturated rings. The molecule has 0 aliphatic heterocycles. The number of anilines is 1. The zero-order valence-corrected chi connectivity index (χ0v) is 12.6. The number of aryl methyl sites for hydroxylation is 1. The van der Waals surface area contributed by atoms with E-state index in [1.165, 1.54) is 18.3 Å². The smallest absolute Gasteiger partial charge is 0.262 e. The van der Waals surface area contributed by atoms with Crippen molar-refractivity contribution in [3.63, 3.8) is 0 Å². The predicted molar refractivity (Wildman–Crippen MR) is 80.8 cm³/mol. The fourth-order valence-corrected chi connectivity index (χ4v) is 3.39. The van der Waals surface area contributed by atoms with Crippen molar-refractivity contribution in [3.05, 3.63) is 47.9 Å². The van der Waals surface area contributed by atoms with E-state index in [9.17, 15) is 8.42 Å². The molecule has 2 aromatic heterocycles. The fraction of sp³-hybridized carbons (Fsp3) is 0.0769. The van der Waals surface area contributed by atoms with E-state index < -0.39 is 10.0 Å². The Hall–Kier alpha value is -2.12. The number of benzene rings is 1. The van der Waals surface area contributed by atoms with Gasteiger partial charge in [0.15, 0.2) is 0 Å². The Kier molecular flexibility index (Phi) is 3.30. The second-order valence-corrected chi connectivity index (χ2v) is 6.50. The first kappa shape index (κ1) is 13.8. The summed E-state index contributed by atoms with van der Waals surface area (Å²) in [6.45, 7) is 0. The second kappa shape index (κ2) is 5.01. The van der Waals surface area contributed by atoms with Crippen molar-refractivity contribution in [1.29, 1.82) is 0 Å². The van der Waals surface area contributed by atoms with Gasteiger partial charge < -0.3 is 0 Å². The molecular weight excluding hydrogens is 312 g/mol. The Morgan fingerprint density at radius 2 is 2.10 bits per heavy atom. The minimum atomic E-state index is -3.74. The van der Waals surface area contributed by atoms with Crippen LogP contribution in [0.5, 0.6) is 0 Å². The van der Waals surface area contributed by atoms with Crippen LogP contribution in [0.2, 0.25) is 5.15 Å². The van der Waals surface area contributed by atoms with Crippen molar-refractivity contribution in [2.75, 3.05) is 4.72 Å². The predicted octanol–water partition coefficient (Wildman–Crippen LogP) is 2.42. The maximum absolute atomic E-state index is 12.4. The summed E-state index contributed by atoms with van der Waals surface area (Å²) >= 11 is 5.74. The molecular formula is C13H11ClN4O2S. The molecule has 0 atom stereocenters. The Balaban J connectivity index is 2.07. The van der Waals surface area contributed by atoms with E-state index in [2.05, 4.69) is 14.8 Å². The number of nitrogens with one attached hydrogen (secondary N) is 1. The van der Waals surface area contributed by atoms with Crippen molar-refractivity contribution in [2.24, 2.45) is 7.05 Å². The second-order valence-electron chi connectivity index (χ2n) is 4.43. The molecule has 1 N–H and O–H groups in total. The summed E-state index contributed by atoms with van der Waals surface area (Å²) < 4.78 is 29.0. The number of halogens is 1. The minimum absolute atomic E-state index is 0.0571. The lowest BCUT2D eigenvalue weighted by atomic mass is 10.2. The van der Waals surface area contributed by atoms with Gasteiger partial charge in [-0.2, -0.15) is 5.10 Å². The summed E-state index contributed by atoms with van der Waals surface area (Å²) in [5.41, 5.74) is 1.17. The van der Waals surface area contributed by atoms with Gasteiger partial charge in [0, 0.05) is 18.6 Å². The first-order valence-corrected chi connectivity index (χ1v) is 7.88. The molecule has 0 saturated heterocycles. The highest BCUT2D eigenvalue weighted by molar-refractivity contribution is 7.92. The van der Waals surface area contributed by atoms with E-state index in [0.717, 1.165) is 5.39 Å². The largest absolute Gasteiger partial charge is 0.277 e. The molecule has 0 saturated carbocycles. The van der Waals surface area contributed by atoms with Gasteiger partial charge in [0.25, 0.3) is 10.0 Å². The van der Waals surface area contributed by atoms with Gasteiger partial charge in [-0.15, -0.1) is 0 Å². The maximum Gasteiger partial charge on any atom is 0.262 e. The molecule has 6 nitrogen and oxygen atoms in total. The average molecular weight is 323 g/mol.